The number of hydrogen-bond donors (Lipinski definition) is 1. The SMILES string of the molecule is COc1cc(NC(=O)OC(C)(C)C)nnc1C(F)F. The third kappa shape index (κ3) is 4.65. The van der Waals surface area contributed by atoms with Gasteiger partial charge < -0.3 is 9.47 Å². The molecule has 0 unspecified atom stereocenters. The van der Waals surface area contributed by atoms with Gasteiger partial charge in [0.15, 0.2) is 17.3 Å². The van der Waals surface area contributed by atoms with E-state index in [9.17, 15) is 13.6 Å². The van der Waals surface area contributed by atoms with Gasteiger partial charge in [-0.1, -0.05) is 0 Å². The molecule has 0 aliphatic carbocycles. The Bertz CT molecular complexity index is 461. The van der Waals surface area contributed by atoms with Crippen molar-refractivity contribution >= 4 is 11.9 Å². The predicted octanol–water partition coefficient (Wildman–Crippen LogP) is 2.77. The molecule has 0 atom stereocenters. The first-order valence-corrected chi connectivity index (χ1v) is 5.42. The van der Waals surface area contributed by atoms with Crippen LogP contribution in [0.25, 0.3) is 0 Å². The maximum Gasteiger partial charge on any atom is 0.413 e. The lowest BCUT2D eigenvalue weighted by atomic mass is 10.2. The summed E-state index contributed by atoms with van der Waals surface area (Å²) in [5.41, 5.74) is -1.26. The van der Waals surface area contributed by atoms with E-state index in [0.29, 0.717) is 0 Å². The predicted molar refractivity (Wildman–Crippen MR) is 63.4 cm³/mol. The molecule has 1 aromatic rings. The molecule has 0 saturated carbocycles. The molecule has 1 aromatic heterocycles. The van der Waals surface area contributed by atoms with Crippen molar-refractivity contribution in [2.45, 2.75) is 32.8 Å². The second-order valence-corrected chi connectivity index (χ2v) is 4.61. The molecule has 1 rings (SSSR count). The summed E-state index contributed by atoms with van der Waals surface area (Å²) in [5.74, 6) is -0.188. The lowest BCUT2D eigenvalue weighted by Crippen LogP contribution is -2.27. The Hall–Kier alpha value is -1.99. The van der Waals surface area contributed by atoms with E-state index in [1.807, 2.05) is 0 Å². The summed E-state index contributed by atoms with van der Waals surface area (Å²) in [5, 5.41) is 9.04. The number of carbonyl (C=O) groups excluding carboxylic acids is 1. The van der Waals surface area contributed by atoms with E-state index in [-0.39, 0.29) is 11.6 Å². The fraction of sp³-hybridized carbons (Fsp3) is 0.545. The van der Waals surface area contributed by atoms with Gasteiger partial charge in [0, 0.05) is 6.07 Å². The van der Waals surface area contributed by atoms with Crippen LogP contribution in [0.4, 0.5) is 19.4 Å². The molecule has 1 heterocycles. The van der Waals surface area contributed by atoms with E-state index in [1.54, 1.807) is 20.8 Å². The van der Waals surface area contributed by atoms with Gasteiger partial charge in [-0.25, -0.2) is 13.6 Å². The molecule has 6 nitrogen and oxygen atoms in total. The summed E-state index contributed by atoms with van der Waals surface area (Å²) in [4.78, 5) is 11.5. The number of nitrogens with zero attached hydrogens (tertiary/aromatic N) is 2. The highest BCUT2D eigenvalue weighted by Gasteiger charge is 2.20. The molecule has 8 heteroatoms. The quantitative estimate of drug-likeness (QED) is 0.918. The lowest BCUT2D eigenvalue weighted by molar-refractivity contribution is 0.0635. The Morgan fingerprint density at radius 1 is 1.37 bits per heavy atom. The summed E-state index contributed by atoms with van der Waals surface area (Å²) in [6.45, 7) is 5.08. The molecule has 0 spiro atoms. The smallest absolute Gasteiger partial charge is 0.413 e. The Morgan fingerprint density at radius 3 is 2.47 bits per heavy atom. The van der Waals surface area contributed by atoms with Crippen molar-refractivity contribution < 1.29 is 23.0 Å². The Kier molecular flexibility index (Phi) is 4.57. The molecule has 0 aliphatic heterocycles. The third-order valence-electron chi connectivity index (χ3n) is 1.84. The number of methoxy groups -OCH3 is 1. The monoisotopic (exact) mass is 275 g/mol. The summed E-state index contributed by atoms with van der Waals surface area (Å²) in [7, 11) is 1.22. The van der Waals surface area contributed by atoms with Crippen molar-refractivity contribution in [2.24, 2.45) is 0 Å². The number of rotatable bonds is 3. The first-order valence-electron chi connectivity index (χ1n) is 5.42. The number of ether oxygens (including phenoxy) is 2. The largest absolute Gasteiger partial charge is 0.494 e. The molecule has 0 fully saturated rings. The second kappa shape index (κ2) is 5.77. The summed E-state index contributed by atoms with van der Waals surface area (Å²) >= 11 is 0. The Morgan fingerprint density at radius 2 is 2.00 bits per heavy atom. The van der Waals surface area contributed by atoms with Crippen molar-refractivity contribution in [2.75, 3.05) is 12.4 Å². The topological polar surface area (TPSA) is 73.3 Å². The lowest BCUT2D eigenvalue weighted by Gasteiger charge is -2.19. The molecule has 0 radical (unpaired) electrons. The zero-order chi connectivity index (χ0) is 14.6. The average molecular weight is 275 g/mol. The van der Waals surface area contributed by atoms with Gasteiger partial charge in [0.25, 0.3) is 6.43 Å². The van der Waals surface area contributed by atoms with Crippen LogP contribution in [0.3, 0.4) is 0 Å². The van der Waals surface area contributed by atoms with Gasteiger partial charge in [0.2, 0.25) is 0 Å². The van der Waals surface area contributed by atoms with E-state index in [2.05, 4.69) is 15.5 Å². The highest BCUT2D eigenvalue weighted by molar-refractivity contribution is 5.83. The molecule has 1 amide bonds. The minimum absolute atomic E-state index is 0.0319. The number of amides is 1. The van der Waals surface area contributed by atoms with Gasteiger partial charge in [-0.05, 0) is 20.8 Å². The van der Waals surface area contributed by atoms with Gasteiger partial charge in [0.05, 0.1) is 7.11 Å². The highest BCUT2D eigenvalue weighted by atomic mass is 19.3. The van der Waals surface area contributed by atoms with Crippen molar-refractivity contribution in [1.82, 2.24) is 10.2 Å². The van der Waals surface area contributed by atoms with E-state index < -0.39 is 23.8 Å². The van der Waals surface area contributed by atoms with E-state index in [1.165, 1.54) is 7.11 Å². The van der Waals surface area contributed by atoms with Crippen LogP contribution in [0.5, 0.6) is 5.75 Å². The van der Waals surface area contributed by atoms with Gasteiger partial charge in [-0.15, -0.1) is 10.2 Å². The molecular formula is C11H15F2N3O3. The molecule has 0 bridgehead atoms. The van der Waals surface area contributed by atoms with Crippen LogP contribution in [0.15, 0.2) is 6.07 Å². The number of halogens is 2. The summed E-state index contributed by atoms with van der Waals surface area (Å²) in [6, 6.07) is 1.15. The fourth-order valence-corrected chi connectivity index (χ4v) is 1.17. The minimum Gasteiger partial charge on any atom is -0.494 e. The zero-order valence-corrected chi connectivity index (χ0v) is 11.0. The van der Waals surface area contributed by atoms with Crippen molar-refractivity contribution in [3.63, 3.8) is 0 Å². The minimum atomic E-state index is -2.81. The number of carbonyl (C=O) groups is 1. The van der Waals surface area contributed by atoms with Crippen molar-refractivity contribution in [3.05, 3.63) is 11.8 Å². The number of alkyl halides is 2. The van der Waals surface area contributed by atoms with Crippen LogP contribution in [-0.2, 0) is 4.74 Å². The maximum absolute atomic E-state index is 12.5. The maximum atomic E-state index is 12.5. The van der Waals surface area contributed by atoms with Gasteiger partial charge in [0.1, 0.15) is 5.60 Å². The van der Waals surface area contributed by atoms with Crippen LogP contribution in [0, 0.1) is 0 Å². The van der Waals surface area contributed by atoms with Gasteiger partial charge in [-0.2, -0.15) is 0 Å². The van der Waals surface area contributed by atoms with E-state index in [0.717, 1.165) is 6.07 Å². The number of hydrogen-bond acceptors (Lipinski definition) is 5. The molecule has 0 aromatic carbocycles. The van der Waals surface area contributed by atoms with Crippen LogP contribution in [0.1, 0.15) is 32.9 Å². The molecule has 0 aliphatic rings. The fourth-order valence-electron chi connectivity index (χ4n) is 1.17. The van der Waals surface area contributed by atoms with Crippen molar-refractivity contribution in [3.8, 4) is 5.75 Å². The average Bonchev–Trinajstić information content (AvgIpc) is 2.25. The Balaban J connectivity index is 2.83. The number of anilines is 1. The van der Waals surface area contributed by atoms with Crippen LogP contribution < -0.4 is 10.1 Å². The normalized spacial score (nSPS) is 11.3. The van der Waals surface area contributed by atoms with E-state index in [4.69, 9.17) is 9.47 Å². The standard InChI is InChI=1S/C11H15F2N3O3/c1-11(2,3)19-10(17)14-7-5-6(18-4)8(9(12)13)16-15-7/h5,9H,1-4H3,(H,14,15,17). The summed E-state index contributed by atoms with van der Waals surface area (Å²) < 4.78 is 34.8. The van der Waals surface area contributed by atoms with Gasteiger partial charge in [-0.3, -0.25) is 5.32 Å². The van der Waals surface area contributed by atoms with E-state index >= 15 is 0 Å². The molecule has 19 heavy (non-hydrogen) atoms. The highest BCUT2D eigenvalue weighted by Crippen LogP contribution is 2.27. The number of aromatic nitrogens is 2. The third-order valence-corrected chi connectivity index (χ3v) is 1.84. The van der Waals surface area contributed by atoms with Crippen LogP contribution in [-0.4, -0.2) is 29.0 Å². The summed E-state index contributed by atoms with van der Waals surface area (Å²) in [6.07, 6.45) is -3.56. The molecular weight excluding hydrogens is 260 g/mol. The first-order chi connectivity index (χ1) is 8.73. The van der Waals surface area contributed by atoms with Gasteiger partial charge >= 0.3 is 6.09 Å². The first kappa shape index (κ1) is 15.1. The van der Waals surface area contributed by atoms with Crippen molar-refractivity contribution in [1.29, 1.82) is 0 Å². The van der Waals surface area contributed by atoms with Crippen LogP contribution in [0.2, 0.25) is 0 Å². The zero-order valence-electron chi connectivity index (χ0n) is 11.0. The molecule has 106 valence electrons. The number of nitrogens with one attached hydrogen (secondary N) is 1. The molecule has 0 saturated heterocycles. The molecule has 1 N–H and O–H groups in total. The van der Waals surface area contributed by atoms with Crippen LogP contribution >= 0.6 is 0 Å². The Labute approximate surface area is 109 Å². The second-order valence-electron chi connectivity index (χ2n) is 4.61.